The highest BCUT2D eigenvalue weighted by Crippen LogP contribution is 2.22. The minimum absolute atomic E-state index is 0.140. The van der Waals surface area contributed by atoms with E-state index in [0.717, 1.165) is 0 Å². The SMILES string of the molecule is O=C(C[C@H]1C(=O)NCCN1C(=O)CN1CCN(c2ccccc2F)CC1)Nc1ccccc1Cl. The highest BCUT2D eigenvalue weighted by molar-refractivity contribution is 6.33. The van der Waals surface area contributed by atoms with Crippen molar-refractivity contribution in [3.63, 3.8) is 0 Å². The molecule has 34 heavy (non-hydrogen) atoms. The molecule has 0 radical (unpaired) electrons. The molecule has 0 aromatic heterocycles. The molecular weight excluding hydrogens is 461 g/mol. The summed E-state index contributed by atoms with van der Waals surface area (Å²) in [5.41, 5.74) is 1.02. The Labute approximate surface area is 202 Å². The molecule has 0 aliphatic carbocycles. The van der Waals surface area contributed by atoms with Gasteiger partial charge in [0, 0.05) is 39.3 Å². The van der Waals surface area contributed by atoms with E-state index in [0.29, 0.717) is 55.7 Å². The van der Waals surface area contributed by atoms with E-state index in [1.54, 1.807) is 42.5 Å². The maximum atomic E-state index is 14.1. The number of carbonyl (C=O) groups excluding carboxylic acids is 3. The van der Waals surface area contributed by atoms with Crippen molar-refractivity contribution >= 4 is 40.7 Å². The Hall–Kier alpha value is -3.17. The van der Waals surface area contributed by atoms with Crippen molar-refractivity contribution in [3.05, 3.63) is 59.4 Å². The van der Waals surface area contributed by atoms with Crippen LogP contribution in [-0.2, 0) is 14.4 Å². The first-order valence-electron chi connectivity index (χ1n) is 11.3. The van der Waals surface area contributed by atoms with Crippen molar-refractivity contribution in [1.29, 1.82) is 0 Å². The van der Waals surface area contributed by atoms with Gasteiger partial charge in [-0.15, -0.1) is 0 Å². The van der Waals surface area contributed by atoms with Crippen LogP contribution in [0.15, 0.2) is 48.5 Å². The van der Waals surface area contributed by atoms with Gasteiger partial charge in [-0.25, -0.2) is 4.39 Å². The van der Waals surface area contributed by atoms with E-state index < -0.39 is 11.9 Å². The first-order chi connectivity index (χ1) is 16.4. The molecule has 1 atom stereocenters. The normalized spacial score (nSPS) is 19.0. The number of nitrogens with zero attached hydrogens (tertiary/aromatic N) is 3. The highest BCUT2D eigenvalue weighted by atomic mass is 35.5. The van der Waals surface area contributed by atoms with Gasteiger partial charge in [0.25, 0.3) is 0 Å². The second kappa shape index (κ2) is 10.8. The zero-order valence-corrected chi connectivity index (χ0v) is 19.4. The summed E-state index contributed by atoms with van der Waals surface area (Å²) in [6, 6.07) is 12.6. The van der Waals surface area contributed by atoms with Gasteiger partial charge in [0.2, 0.25) is 17.7 Å². The standard InChI is InChI=1S/C24H27ClFN5O3/c25-17-5-1-3-7-19(17)28-22(32)15-21-24(34)27-9-10-31(21)23(33)16-29-11-13-30(14-12-29)20-8-4-2-6-18(20)26/h1-8,21H,9-16H2,(H,27,34)(H,28,32)/t21-/m0/s1. The minimum Gasteiger partial charge on any atom is -0.367 e. The lowest BCUT2D eigenvalue weighted by molar-refractivity contribution is -0.145. The van der Waals surface area contributed by atoms with E-state index in [9.17, 15) is 18.8 Å². The van der Waals surface area contributed by atoms with Crippen LogP contribution in [0.5, 0.6) is 0 Å². The van der Waals surface area contributed by atoms with E-state index >= 15 is 0 Å². The Morgan fingerprint density at radius 2 is 1.74 bits per heavy atom. The molecule has 2 aliphatic rings. The predicted octanol–water partition coefficient (Wildman–Crippen LogP) is 1.96. The number of rotatable bonds is 6. The number of benzene rings is 2. The molecule has 2 N–H and O–H groups in total. The first-order valence-corrected chi connectivity index (χ1v) is 11.6. The van der Waals surface area contributed by atoms with Crippen molar-refractivity contribution in [2.45, 2.75) is 12.5 Å². The van der Waals surface area contributed by atoms with Crippen LogP contribution in [0.1, 0.15) is 6.42 Å². The van der Waals surface area contributed by atoms with Crippen LogP contribution in [0.3, 0.4) is 0 Å². The fraction of sp³-hybridized carbons (Fsp3) is 0.375. The topological polar surface area (TPSA) is 85.0 Å². The molecule has 10 heteroatoms. The summed E-state index contributed by atoms with van der Waals surface area (Å²) in [4.78, 5) is 43.7. The Morgan fingerprint density at radius 3 is 2.47 bits per heavy atom. The summed E-state index contributed by atoms with van der Waals surface area (Å²) in [6.07, 6.45) is -0.163. The van der Waals surface area contributed by atoms with Crippen molar-refractivity contribution in [2.75, 3.05) is 56.0 Å². The Kier molecular flexibility index (Phi) is 7.64. The third kappa shape index (κ3) is 5.66. The second-order valence-electron chi connectivity index (χ2n) is 8.34. The quantitative estimate of drug-likeness (QED) is 0.650. The number of amides is 3. The first kappa shape index (κ1) is 24.0. The number of para-hydroxylation sites is 2. The lowest BCUT2D eigenvalue weighted by Crippen LogP contribution is -2.60. The Balaban J connectivity index is 1.34. The molecule has 0 spiro atoms. The number of carbonyl (C=O) groups is 3. The summed E-state index contributed by atoms with van der Waals surface area (Å²) in [5.74, 6) is -1.21. The largest absolute Gasteiger partial charge is 0.367 e. The molecular formula is C24H27ClFN5O3. The van der Waals surface area contributed by atoms with Crippen LogP contribution in [-0.4, -0.2) is 79.4 Å². The van der Waals surface area contributed by atoms with Crippen molar-refractivity contribution in [2.24, 2.45) is 0 Å². The number of hydrogen-bond donors (Lipinski definition) is 2. The molecule has 180 valence electrons. The number of piperazine rings is 2. The summed E-state index contributed by atoms with van der Waals surface area (Å²) >= 11 is 6.10. The highest BCUT2D eigenvalue weighted by Gasteiger charge is 2.35. The van der Waals surface area contributed by atoms with Crippen LogP contribution in [0.4, 0.5) is 15.8 Å². The Morgan fingerprint density at radius 1 is 1.03 bits per heavy atom. The average Bonchev–Trinajstić information content (AvgIpc) is 2.83. The fourth-order valence-corrected chi connectivity index (χ4v) is 4.48. The zero-order chi connectivity index (χ0) is 24.1. The molecule has 8 nitrogen and oxygen atoms in total. The maximum Gasteiger partial charge on any atom is 0.243 e. The van der Waals surface area contributed by atoms with E-state index in [1.807, 2.05) is 9.80 Å². The molecule has 2 aromatic rings. The molecule has 4 rings (SSSR count). The van der Waals surface area contributed by atoms with Gasteiger partial charge in [-0.1, -0.05) is 35.9 Å². The van der Waals surface area contributed by atoms with Gasteiger partial charge in [0.1, 0.15) is 11.9 Å². The van der Waals surface area contributed by atoms with Crippen molar-refractivity contribution in [3.8, 4) is 0 Å². The molecule has 0 unspecified atom stereocenters. The van der Waals surface area contributed by atoms with Crippen LogP contribution in [0.25, 0.3) is 0 Å². The maximum absolute atomic E-state index is 14.1. The summed E-state index contributed by atoms with van der Waals surface area (Å²) < 4.78 is 14.1. The number of anilines is 2. The molecule has 0 bridgehead atoms. The number of hydrogen-bond acceptors (Lipinski definition) is 5. The lowest BCUT2D eigenvalue weighted by Gasteiger charge is -2.39. The third-order valence-corrected chi connectivity index (χ3v) is 6.43. The van der Waals surface area contributed by atoms with Crippen molar-refractivity contribution < 1.29 is 18.8 Å². The van der Waals surface area contributed by atoms with Gasteiger partial charge in [-0.05, 0) is 24.3 Å². The van der Waals surface area contributed by atoms with E-state index in [4.69, 9.17) is 11.6 Å². The van der Waals surface area contributed by atoms with Crippen LogP contribution in [0, 0.1) is 5.82 Å². The predicted molar refractivity (Wildman–Crippen MR) is 128 cm³/mol. The molecule has 2 aliphatic heterocycles. The number of halogens is 2. The fourth-order valence-electron chi connectivity index (χ4n) is 4.29. The van der Waals surface area contributed by atoms with E-state index in [2.05, 4.69) is 10.6 Å². The summed E-state index contributed by atoms with van der Waals surface area (Å²) in [5, 5.41) is 5.84. The van der Waals surface area contributed by atoms with Gasteiger partial charge in [-0.2, -0.15) is 0 Å². The van der Waals surface area contributed by atoms with Gasteiger partial charge in [-0.3, -0.25) is 19.3 Å². The third-order valence-electron chi connectivity index (χ3n) is 6.10. The molecule has 3 amide bonds. The van der Waals surface area contributed by atoms with Gasteiger partial charge in [0.15, 0.2) is 0 Å². The molecule has 2 aromatic carbocycles. The van der Waals surface area contributed by atoms with E-state index in [1.165, 1.54) is 11.0 Å². The van der Waals surface area contributed by atoms with E-state index in [-0.39, 0.29) is 30.6 Å². The average molecular weight is 488 g/mol. The molecule has 2 saturated heterocycles. The van der Waals surface area contributed by atoms with Gasteiger partial charge in [0.05, 0.1) is 29.4 Å². The van der Waals surface area contributed by atoms with Crippen LogP contribution >= 0.6 is 11.6 Å². The molecule has 2 fully saturated rings. The van der Waals surface area contributed by atoms with Crippen LogP contribution < -0.4 is 15.5 Å². The molecule has 0 saturated carbocycles. The summed E-state index contributed by atoms with van der Waals surface area (Å²) in [7, 11) is 0. The van der Waals surface area contributed by atoms with Crippen LogP contribution in [0.2, 0.25) is 5.02 Å². The van der Waals surface area contributed by atoms with Crippen molar-refractivity contribution in [1.82, 2.24) is 15.1 Å². The number of nitrogens with one attached hydrogen (secondary N) is 2. The minimum atomic E-state index is -0.886. The zero-order valence-electron chi connectivity index (χ0n) is 18.7. The van der Waals surface area contributed by atoms with Gasteiger partial charge >= 0.3 is 0 Å². The second-order valence-corrected chi connectivity index (χ2v) is 8.75. The molecule has 2 heterocycles. The summed E-state index contributed by atoms with van der Waals surface area (Å²) in [6.45, 7) is 3.20. The Bertz CT molecular complexity index is 1060. The monoisotopic (exact) mass is 487 g/mol. The smallest absolute Gasteiger partial charge is 0.243 e. The van der Waals surface area contributed by atoms with Gasteiger partial charge < -0.3 is 20.4 Å². The lowest BCUT2D eigenvalue weighted by atomic mass is 10.1.